The van der Waals surface area contributed by atoms with Crippen molar-refractivity contribution in [3.63, 3.8) is 0 Å². The topological polar surface area (TPSA) is 88.5 Å². The number of amides is 1. The highest BCUT2D eigenvalue weighted by molar-refractivity contribution is 6.02. The molecule has 2 aromatic rings. The number of benzene rings is 1. The van der Waals surface area contributed by atoms with E-state index in [1.165, 1.54) is 0 Å². The van der Waals surface area contributed by atoms with Gasteiger partial charge in [0.1, 0.15) is 5.75 Å². The van der Waals surface area contributed by atoms with E-state index in [9.17, 15) is 15.0 Å². The SMILES string of the molecule is CCCC(C)Cc1c(-c2ccc(O)cc2)c(C(N)=O)c(C)n1CCCO. The van der Waals surface area contributed by atoms with Crippen molar-refractivity contribution in [2.45, 2.75) is 53.0 Å². The molecule has 1 unspecified atom stereocenters. The van der Waals surface area contributed by atoms with Crippen LogP contribution in [0.5, 0.6) is 5.75 Å². The van der Waals surface area contributed by atoms with Crippen LogP contribution in [0.1, 0.15) is 54.9 Å². The van der Waals surface area contributed by atoms with Gasteiger partial charge in [0.15, 0.2) is 0 Å². The minimum absolute atomic E-state index is 0.0992. The van der Waals surface area contributed by atoms with Crippen LogP contribution in [0, 0.1) is 12.8 Å². The molecule has 0 saturated heterocycles. The number of rotatable bonds is 9. The van der Waals surface area contributed by atoms with Crippen molar-refractivity contribution in [3.05, 3.63) is 41.2 Å². The Bertz CT molecular complexity index is 748. The fourth-order valence-electron chi connectivity index (χ4n) is 3.71. The molecule has 26 heavy (non-hydrogen) atoms. The van der Waals surface area contributed by atoms with Crippen molar-refractivity contribution in [1.29, 1.82) is 0 Å². The van der Waals surface area contributed by atoms with Crippen LogP contribution in [-0.4, -0.2) is 27.3 Å². The van der Waals surface area contributed by atoms with Gasteiger partial charge in [0, 0.05) is 30.1 Å². The Hall–Kier alpha value is -2.27. The third-order valence-corrected chi connectivity index (χ3v) is 4.90. The molecule has 4 N–H and O–H groups in total. The van der Waals surface area contributed by atoms with Crippen molar-refractivity contribution in [3.8, 4) is 16.9 Å². The summed E-state index contributed by atoms with van der Waals surface area (Å²) in [5.41, 5.74) is 9.92. The van der Waals surface area contributed by atoms with Crippen LogP contribution in [0.15, 0.2) is 24.3 Å². The van der Waals surface area contributed by atoms with Crippen molar-refractivity contribution in [2.75, 3.05) is 6.61 Å². The van der Waals surface area contributed by atoms with Gasteiger partial charge in [0.05, 0.1) is 5.56 Å². The standard InChI is InChI=1S/C21H30N2O3/c1-4-6-14(2)13-18-20(16-7-9-17(25)10-8-16)19(21(22)26)15(3)23(18)11-5-12-24/h7-10,14,24-25H,4-6,11-13H2,1-3H3,(H2,22,26). The van der Waals surface area contributed by atoms with Gasteiger partial charge in [-0.05, 0) is 43.4 Å². The summed E-state index contributed by atoms with van der Waals surface area (Å²) in [5.74, 6) is 0.211. The summed E-state index contributed by atoms with van der Waals surface area (Å²) in [5, 5.41) is 18.9. The zero-order chi connectivity index (χ0) is 19.3. The monoisotopic (exact) mass is 358 g/mol. The van der Waals surface area contributed by atoms with Crippen molar-refractivity contribution in [2.24, 2.45) is 11.7 Å². The van der Waals surface area contributed by atoms with E-state index in [0.29, 0.717) is 24.4 Å². The molecule has 1 atom stereocenters. The summed E-state index contributed by atoms with van der Waals surface area (Å²) < 4.78 is 2.13. The number of primary amides is 1. The minimum atomic E-state index is -0.447. The van der Waals surface area contributed by atoms with Crippen LogP contribution in [-0.2, 0) is 13.0 Å². The van der Waals surface area contributed by atoms with Crippen LogP contribution in [0.4, 0.5) is 0 Å². The second-order valence-corrected chi connectivity index (χ2v) is 7.02. The summed E-state index contributed by atoms with van der Waals surface area (Å²) in [6.07, 6.45) is 3.67. The number of carbonyl (C=O) groups excluding carboxylic acids is 1. The average Bonchev–Trinajstić information content (AvgIpc) is 2.86. The molecule has 0 aliphatic heterocycles. The number of nitrogens with two attached hydrogens (primary N) is 1. The Morgan fingerprint density at radius 2 is 1.92 bits per heavy atom. The first-order valence-corrected chi connectivity index (χ1v) is 9.32. The first kappa shape index (κ1) is 20.0. The van der Waals surface area contributed by atoms with Crippen LogP contribution in [0.3, 0.4) is 0 Å². The number of phenolic OH excluding ortho intramolecular Hbond substituents is 1. The highest BCUT2D eigenvalue weighted by Gasteiger charge is 2.25. The fourth-order valence-corrected chi connectivity index (χ4v) is 3.71. The summed E-state index contributed by atoms with van der Waals surface area (Å²) in [6.45, 7) is 7.04. The van der Waals surface area contributed by atoms with Gasteiger partial charge in [-0.15, -0.1) is 0 Å². The lowest BCUT2D eigenvalue weighted by molar-refractivity contribution is 0.1000. The van der Waals surface area contributed by atoms with Gasteiger partial charge in [-0.3, -0.25) is 4.79 Å². The van der Waals surface area contributed by atoms with E-state index >= 15 is 0 Å². The first-order chi connectivity index (χ1) is 12.4. The number of aromatic nitrogens is 1. The lowest BCUT2D eigenvalue weighted by atomic mass is 9.93. The number of aliphatic hydroxyl groups excluding tert-OH is 1. The Labute approximate surface area is 155 Å². The van der Waals surface area contributed by atoms with Gasteiger partial charge < -0.3 is 20.5 Å². The molecular weight excluding hydrogens is 328 g/mol. The van der Waals surface area contributed by atoms with E-state index in [0.717, 1.165) is 41.8 Å². The van der Waals surface area contributed by atoms with Gasteiger partial charge in [0.25, 0.3) is 5.91 Å². The third kappa shape index (κ3) is 4.28. The molecule has 0 radical (unpaired) electrons. The van der Waals surface area contributed by atoms with E-state index in [1.807, 2.05) is 19.1 Å². The lowest BCUT2D eigenvalue weighted by Gasteiger charge is -2.17. The van der Waals surface area contributed by atoms with Gasteiger partial charge in [-0.25, -0.2) is 0 Å². The molecule has 2 rings (SSSR count). The van der Waals surface area contributed by atoms with Crippen molar-refractivity contribution >= 4 is 5.91 Å². The maximum absolute atomic E-state index is 12.2. The van der Waals surface area contributed by atoms with Crippen molar-refractivity contribution in [1.82, 2.24) is 4.57 Å². The number of aromatic hydroxyl groups is 1. The second-order valence-electron chi connectivity index (χ2n) is 7.02. The average molecular weight is 358 g/mol. The molecule has 1 aromatic heterocycles. The van der Waals surface area contributed by atoms with Gasteiger partial charge in [0.2, 0.25) is 0 Å². The van der Waals surface area contributed by atoms with E-state index in [1.54, 1.807) is 12.1 Å². The smallest absolute Gasteiger partial charge is 0.251 e. The predicted octanol–water partition coefficient (Wildman–Crippen LogP) is 3.63. The highest BCUT2D eigenvalue weighted by atomic mass is 16.3. The van der Waals surface area contributed by atoms with E-state index in [4.69, 9.17) is 5.73 Å². The lowest BCUT2D eigenvalue weighted by Crippen LogP contribution is -2.13. The van der Waals surface area contributed by atoms with Crippen LogP contribution in [0.2, 0.25) is 0 Å². The summed E-state index contributed by atoms with van der Waals surface area (Å²) in [6, 6.07) is 6.89. The number of aliphatic hydroxyl groups is 1. The number of nitrogens with zero attached hydrogens (tertiary/aromatic N) is 1. The molecule has 1 heterocycles. The zero-order valence-corrected chi connectivity index (χ0v) is 16.0. The largest absolute Gasteiger partial charge is 0.508 e. The third-order valence-electron chi connectivity index (χ3n) is 4.90. The summed E-state index contributed by atoms with van der Waals surface area (Å²) >= 11 is 0. The molecular formula is C21H30N2O3. The fraction of sp³-hybridized carbons (Fsp3) is 0.476. The normalized spacial score (nSPS) is 12.3. The molecule has 0 aliphatic rings. The highest BCUT2D eigenvalue weighted by Crippen LogP contribution is 2.35. The Morgan fingerprint density at radius 1 is 1.27 bits per heavy atom. The molecule has 0 spiro atoms. The Balaban J connectivity index is 2.67. The molecule has 5 nitrogen and oxygen atoms in total. The second kappa shape index (κ2) is 8.90. The molecule has 0 fully saturated rings. The van der Waals surface area contributed by atoms with Crippen LogP contribution < -0.4 is 5.73 Å². The zero-order valence-electron chi connectivity index (χ0n) is 16.0. The number of phenols is 1. The van der Waals surface area contributed by atoms with Crippen LogP contribution >= 0.6 is 0 Å². The minimum Gasteiger partial charge on any atom is -0.508 e. The Kier molecular flexibility index (Phi) is 6.86. The molecule has 5 heteroatoms. The van der Waals surface area contributed by atoms with Gasteiger partial charge in [-0.1, -0.05) is 38.8 Å². The quantitative estimate of drug-likeness (QED) is 0.639. The molecule has 0 aliphatic carbocycles. The predicted molar refractivity (Wildman–Crippen MR) is 104 cm³/mol. The number of hydrogen-bond acceptors (Lipinski definition) is 3. The van der Waals surface area contributed by atoms with Gasteiger partial charge >= 0.3 is 0 Å². The molecule has 1 amide bonds. The van der Waals surface area contributed by atoms with E-state index in [-0.39, 0.29) is 12.4 Å². The molecule has 142 valence electrons. The van der Waals surface area contributed by atoms with Crippen LogP contribution in [0.25, 0.3) is 11.1 Å². The van der Waals surface area contributed by atoms with E-state index in [2.05, 4.69) is 18.4 Å². The Morgan fingerprint density at radius 3 is 2.46 bits per heavy atom. The number of hydrogen-bond donors (Lipinski definition) is 3. The maximum atomic E-state index is 12.2. The summed E-state index contributed by atoms with van der Waals surface area (Å²) in [4.78, 5) is 12.2. The molecule has 0 bridgehead atoms. The molecule has 1 aromatic carbocycles. The van der Waals surface area contributed by atoms with Crippen molar-refractivity contribution < 1.29 is 15.0 Å². The molecule has 0 saturated carbocycles. The number of carbonyl (C=O) groups is 1. The summed E-state index contributed by atoms with van der Waals surface area (Å²) in [7, 11) is 0. The first-order valence-electron chi connectivity index (χ1n) is 9.32. The van der Waals surface area contributed by atoms with Gasteiger partial charge in [-0.2, -0.15) is 0 Å². The van der Waals surface area contributed by atoms with E-state index < -0.39 is 5.91 Å². The maximum Gasteiger partial charge on any atom is 0.251 e.